The van der Waals surface area contributed by atoms with E-state index in [0.717, 1.165) is 26.2 Å². The first kappa shape index (κ1) is 12.2. The first-order chi connectivity index (χ1) is 8.00. The molecule has 4 nitrogen and oxygen atoms in total. The van der Waals surface area contributed by atoms with Gasteiger partial charge >= 0.3 is 0 Å². The molecule has 3 rings (SSSR count). The van der Waals surface area contributed by atoms with E-state index in [2.05, 4.69) is 20.6 Å². The molecule has 0 aromatic heterocycles. The van der Waals surface area contributed by atoms with Crippen molar-refractivity contribution in [2.24, 2.45) is 9.98 Å². The van der Waals surface area contributed by atoms with Crippen LogP contribution in [0.1, 0.15) is 0 Å². The fourth-order valence-electron chi connectivity index (χ4n) is 1.03. The Kier molecular flexibility index (Phi) is 7.42. The summed E-state index contributed by atoms with van der Waals surface area (Å²) in [5, 5.41) is 5.86. The Hall–Kier alpha value is -1.84. The van der Waals surface area contributed by atoms with Crippen LogP contribution in [0.5, 0.6) is 0 Å². The van der Waals surface area contributed by atoms with Crippen molar-refractivity contribution in [3.63, 3.8) is 0 Å². The molecule has 2 heterocycles. The Balaban J connectivity index is 0.000000121. The van der Waals surface area contributed by atoms with Crippen molar-refractivity contribution < 1.29 is 0 Å². The minimum Gasteiger partial charge on any atom is -0.375 e. The van der Waals surface area contributed by atoms with Crippen LogP contribution in [0.3, 0.4) is 0 Å². The van der Waals surface area contributed by atoms with Crippen molar-refractivity contribution >= 4 is 12.7 Å². The van der Waals surface area contributed by atoms with E-state index in [-0.39, 0.29) is 0 Å². The van der Waals surface area contributed by atoms with Crippen molar-refractivity contribution in [1.82, 2.24) is 10.6 Å². The van der Waals surface area contributed by atoms with Gasteiger partial charge in [0, 0.05) is 13.1 Å². The molecule has 1 aromatic rings. The fourth-order valence-corrected chi connectivity index (χ4v) is 1.03. The Morgan fingerprint density at radius 3 is 1.12 bits per heavy atom. The van der Waals surface area contributed by atoms with E-state index in [1.807, 2.05) is 36.4 Å². The molecule has 0 amide bonds. The smallest absolute Gasteiger partial charge is 0.0825 e. The van der Waals surface area contributed by atoms with E-state index < -0.39 is 0 Å². The van der Waals surface area contributed by atoms with E-state index in [1.165, 1.54) is 0 Å². The van der Waals surface area contributed by atoms with Gasteiger partial charge in [0.1, 0.15) is 0 Å². The van der Waals surface area contributed by atoms with Crippen molar-refractivity contribution in [3.05, 3.63) is 36.4 Å². The third-order valence-corrected chi connectivity index (χ3v) is 1.80. The summed E-state index contributed by atoms with van der Waals surface area (Å²) in [6, 6.07) is 12.0. The molecule has 86 valence electrons. The zero-order chi connectivity index (χ0) is 11.3. The first-order valence-corrected chi connectivity index (χ1v) is 5.43. The Labute approximate surface area is 96.5 Å². The first-order valence-electron chi connectivity index (χ1n) is 5.43. The monoisotopic (exact) mass is 218 g/mol. The predicted molar refractivity (Wildman–Crippen MR) is 69.2 cm³/mol. The van der Waals surface area contributed by atoms with Gasteiger partial charge in [0.15, 0.2) is 0 Å². The molecule has 2 N–H and O–H groups in total. The molecule has 0 bridgehead atoms. The molecule has 0 fully saturated rings. The van der Waals surface area contributed by atoms with Crippen molar-refractivity contribution in [2.45, 2.75) is 0 Å². The van der Waals surface area contributed by atoms with Crippen molar-refractivity contribution in [3.8, 4) is 0 Å². The number of rotatable bonds is 0. The standard InChI is InChI=1S/C6H6.2C3H6N2/c1-2-4-6-5-3-1;2*1-2-5-3-4-1/h1-6H;2*3H,1-2H2,(H,4,5). The molecular formula is C12H18N4. The van der Waals surface area contributed by atoms with E-state index in [9.17, 15) is 0 Å². The molecule has 0 atom stereocenters. The van der Waals surface area contributed by atoms with Gasteiger partial charge in [-0.25, -0.2) is 0 Å². The van der Waals surface area contributed by atoms with Crippen LogP contribution < -0.4 is 10.6 Å². The van der Waals surface area contributed by atoms with Crippen LogP contribution in [-0.4, -0.2) is 38.9 Å². The highest BCUT2D eigenvalue weighted by Crippen LogP contribution is 1.79. The summed E-state index contributed by atoms with van der Waals surface area (Å²) in [6.07, 6.45) is 3.47. The summed E-state index contributed by atoms with van der Waals surface area (Å²) in [6.45, 7) is 3.97. The highest BCUT2D eigenvalue weighted by atomic mass is 15.0. The molecule has 0 unspecified atom stereocenters. The number of benzene rings is 1. The predicted octanol–water partition coefficient (Wildman–Crippen LogP) is 0.922. The molecule has 0 saturated carbocycles. The van der Waals surface area contributed by atoms with Gasteiger partial charge in [0.05, 0.1) is 25.8 Å². The molecule has 0 aliphatic carbocycles. The number of nitrogens with zero attached hydrogens (tertiary/aromatic N) is 2. The summed E-state index contributed by atoms with van der Waals surface area (Å²) in [5.74, 6) is 0. The summed E-state index contributed by atoms with van der Waals surface area (Å²) < 4.78 is 0. The molecule has 0 saturated heterocycles. The molecule has 1 aromatic carbocycles. The molecular weight excluding hydrogens is 200 g/mol. The van der Waals surface area contributed by atoms with Crippen LogP contribution in [0.4, 0.5) is 0 Å². The largest absolute Gasteiger partial charge is 0.375 e. The third kappa shape index (κ3) is 7.55. The maximum atomic E-state index is 3.85. The molecule has 2 aliphatic heterocycles. The summed E-state index contributed by atoms with van der Waals surface area (Å²) in [5.41, 5.74) is 0. The molecule has 4 heteroatoms. The lowest BCUT2D eigenvalue weighted by molar-refractivity contribution is 0.965. The van der Waals surface area contributed by atoms with E-state index in [4.69, 9.17) is 0 Å². The van der Waals surface area contributed by atoms with Gasteiger partial charge in [-0.2, -0.15) is 0 Å². The van der Waals surface area contributed by atoms with Gasteiger partial charge in [-0.15, -0.1) is 0 Å². The molecule has 2 aliphatic rings. The Bertz CT molecular complexity index is 240. The minimum absolute atomic E-state index is 0.958. The zero-order valence-corrected chi connectivity index (χ0v) is 9.34. The molecule has 16 heavy (non-hydrogen) atoms. The lowest BCUT2D eigenvalue weighted by Gasteiger charge is -1.75. The number of hydrogen-bond donors (Lipinski definition) is 2. The van der Waals surface area contributed by atoms with E-state index in [1.54, 1.807) is 12.7 Å². The van der Waals surface area contributed by atoms with Crippen LogP contribution in [0.2, 0.25) is 0 Å². The van der Waals surface area contributed by atoms with Crippen LogP contribution in [0.15, 0.2) is 46.4 Å². The van der Waals surface area contributed by atoms with E-state index in [0.29, 0.717) is 0 Å². The van der Waals surface area contributed by atoms with Gasteiger partial charge in [0.2, 0.25) is 0 Å². The van der Waals surface area contributed by atoms with Crippen molar-refractivity contribution in [1.29, 1.82) is 0 Å². The van der Waals surface area contributed by atoms with Gasteiger partial charge < -0.3 is 10.6 Å². The quantitative estimate of drug-likeness (QED) is 0.680. The molecule has 0 radical (unpaired) electrons. The van der Waals surface area contributed by atoms with E-state index >= 15 is 0 Å². The van der Waals surface area contributed by atoms with Crippen LogP contribution in [0, 0.1) is 0 Å². The van der Waals surface area contributed by atoms with Gasteiger partial charge in [0.25, 0.3) is 0 Å². The normalized spacial score (nSPS) is 15.0. The number of aliphatic imine (C=N–C) groups is 2. The summed E-state index contributed by atoms with van der Waals surface area (Å²) in [4.78, 5) is 7.69. The SMILES string of the molecule is C1=NCCN1.C1=NCCN1.c1ccccc1. The lowest BCUT2D eigenvalue weighted by atomic mass is 10.4. The van der Waals surface area contributed by atoms with Gasteiger partial charge in [-0.3, -0.25) is 9.98 Å². The minimum atomic E-state index is 0.958. The third-order valence-electron chi connectivity index (χ3n) is 1.80. The number of nitrogens with one attached hydrogen (secondary N) is 2. The second-order valence-corrected chi connectivity index (χ2v) is 3.13. The molecule has 0 spiro atoms. The number of hydrogen-bond acceptors (Lipinski definition) is 4. The average molecular weight is 218 g/mol. The highest BCUT2D eigenvalue weighted by Gasteiger charge is 1.82. The summed E-state index contributed by atoms with van der Waals surface area (Å²) in [7, 11) is 0. The topological polar surface area (TPSA) is 48.8 Å². The Morgan fingerprint density at radius 1 is 0.625 bits per heavy atom. The zero-order valence-electron chi connectivity index (χ0n) is 9.34. The Morgan fingerprint density at radius 2 is 1.00 bits per heavy atom. The van der Waals surface area contributed by atoms with Crippen LogP contribution in [0.25, 0.3) is 0 Å². The van der Waals surface area contributed by atoms with Gasteiger partial charge in [-0.1, -0.05) is 36.4 Å². The van der Waals surface area contributed by atoms with Crippen LogP contribution in [-0.2, 0) is 0 Å². The van der Waals surface area contributed by atoms with Gasteiger partial charge in [-0.05, 0) is 0 Å². The second kappa shape index (κ2) is 9.71. The average Bonchev–Trinajstić information content (AvgIpc) is 3.10. The maximum Gasteiger partial charge on any atom is 0.0825 e. The highest BCUT2D eigenvalue weighted by molar-refractivity contribution is 5.56. The van der Waals surface area contributed by atoms with Crippen molar-refractivity contribution in [2.75, 3.05) is 26.2 Å². The fraction of sp³-hybridized carbons (Fsp3) is 0.333. The van der Waals surface area contributed by atoms with Crippen LogP contribution >= 0.6 is 0 Å². The maximum absolute atomic E-state index is 3.85. The second-order valence-electron chi connectivity index (χ2n) is 3.13. The summed E-state index contributed by atoms with van der Waals surface area (Å²) >= 11 is 0. The lowest BCUT2D eigenvalue weighted by Crippen LogP contribution is -2.04.